The molecule has 2 aromatic rings. The van der Waals surface area contributed by atoms with Crippen molar-refractivity contribution < 1.29 is 15.0 Å². The monoisotopic (exact) mass is 242 g/mol. The normalized spacial score (nSPS) is 10.3. The van der Waals surface area contributed by atoms with Gasteiger partial charge in [-0.2, -0.15) is 0 Å². The van der Waals surface area contributed by atoms with Gasteiger partial charge < -0.3 is 10.2 Å². The molecule has 0 aliphatic carbocycles. The first-order chi connectivity index (χ1) is 8.56. The number of phenolic OH excluding ortho intramolecular Hbond substituents is 2. The Bertz CT molecular complexity index is 615. The number of carbonyl (C=O) groups is 1. The fourth-order valence-electron chi connectivity index (χ4n) is 2.07. The van der Waals surface area contributed by atoms with Gasteiger partial charge in [-0.1, -0.05) is 18.2 Å². The fourth-order valence-corrected chi connectivity index (χ4v) is 2.07. The van der Waals surface area contributed by atoms with Gasteiger partial charge in [-0.15, -0.1) is 0 Å². The lowest BCUT2D eigenvalue weighted by molar-refractivity contribution is 0.112. The van der Waals surface area contributed by atoms with Gasteiger partial charge in [0.15, 0.2) is 0 Å². The molecule has 0 unspecified atom stereocenters. The van der Waals surface area contributed by atoms with E-state index in [1.807, 2.05) is 0 Å². The lowest BCUT2D eigenvalue weighted by Gasteiger charge is -2.14. The Kier molecular flexibility index (Phi) is 3.06. The van der Waals surface area contributed by atoms with Crippen LogP contribution in [0.3, 0.4) is 0 Å². The van der Waals surface area contributed by atoms with E-state index in [1.54, 1.807) is 44.2 Å². The summed E-state index contributed by atoms with van der Waals surface area (Å²) in [5.41, 5.74) is 2.83. The minimum atomic E-state index is 0.0818. The summed E-state index contributed by atoms with van der Waals surface area (Å²) in [7, 11) is 0. The summed E-state index contributed by atoms with van der Waals surface area (Å²) >= 11 is 0. The van der Waals surface area contributed by atoms with Crippen molar-refractivity contribution in [3.8, 4) is 22.6 Å². The smallest absolute Gasteiger partial charge is 0.150 e. The molecule has 0 bridgehead atoms. The van der Waals surface area contributed by atoms with Crippen molar-refractivity contribution in [1.29, 1.82) is 0 Å². The zero-order chi connectivity index (χ0) is 13.3. The van der Waals surface area contributed by atoms with Gasteiger partial charge in [0, 0.05) is 16.7 Å². The van der Waals surface area contributed by atoms with Gasteiger partial charge in [0.1, 0.15) is 17.8 Å². The van der Waals surface area contributed by atoms with Gasteiger partial charge >= 0.3 is 0 Å². The van der Waals surface area contributed by atoms with Crippen LogP contribution in [0, 0.1) is 13.8 Å². The Morgan fingerprint density at radius 3 is 2.39 bits per heavy atom. The molecule has 2 rings (SSSR count). The fraction of sp³-hybridized carbons (Fsp3) is 0.133. The summed E-state index contributed by atoms with van der Waals surface area (Å²) in [6.07, 6.45) is 0.755. The van der Waals surface area contributed by atoms with Crippen LogP contribution in [0.15, 0.2) is 30.3 Å². The molecule has 0 aromatic heterocycles. The molecule has 0 amide bonds. The Morgan fingerprint density at radius 2 is 1.78 bits per heavy atom. The molecule has 18 heavy (non-hydrogen) atoms. The third-order valence-electron chi connectivity index (χ3n) is 3.09. The Labute approximate surface area is 105 Å². The van der Waals surface area contributed by atoms with Crippen LogP contribution in [-0.2, 0) is 0 Å². The molecule has 0 saturated carbocycles. The van der Waals surface area contributed by atoms with E-state index in [-0.39, 0.29) is 11.5 Å². The van der Waals surface area contributed by atoms with Crippen LogP contribution in [0.2, 0.25) is 0 Å². The minimum Gasteiger partial charge on any atom is -0.507 e. The summed E-state index contributed by atoms with van der Waals surface area (Å²) in [5, 5.41) is 20.0. The van der Waals surface area contributed by atoms with E-state index < -0.39 is 0 Å². The van der Waals surface area contributed by atoms with Crippen molar-refractivity contribution in [2.75, 3.05) is 0 Å². The molecule has 0 spiro atoms. The van der Waals surface area contributed by atoms with Crippen LogP contribution < -0.4 is 0 Å². The molecule has 0 aliphatic heterocycles. The zero-order valence-corrected chi connectivity index (χ0v) is 10.3. The maximum Gasteiger partial charge on any atom is 0.150 e. The third-order valence-corrected chi connectivity index (χ3v) is 3.09. The highest BCUT2D eigenvalue weighted by Gasteiger charge is 2.16. The molecule has 0 heterocycles. The molecule has 2 aromatic carbocycles. The van der Waals surface area contributed by atoms with Gasteiger partial charge in [-0.3, -0.25) is 4.79 Å². The average Bonchev–Trinajstić information content (AvgIpc) is 2.36. The van der Waals surface area contributed by atoms with Crippen LogP contribution in [0.25, 0.3) is 11.1 Å². The van der Waals surface area contributed by atoms with Crippen molar-refractivity contribution >= 4 is 6.29 Å². The van der Waals surface area contributed by atoms with Crippen LogP contribution in [0.5, 0.6) is 11.5 Å². The zero-order valence-electron chi connectivity index (χ0n) is 10.3. The molecule has 0 fully saturated rings. The Balaban J connectivity index is 2.82. The van der Waals surface area contributed by atoms with Crippen LogP contribution in [0.4, 0.5) is 0 Å². The number of phenols is 2. The van der Waals surface area contributed by atoms with Crippen molar-refractivity contribution in [2.24, 2.45) is 0 Å². The summed E-state index contributed by atoms with van der Waals surface area (Å²) < 4.78 is 0. The topological polar surface area (TPSA) is 57.5 Å². The molecule has 3 heteroatoms. The molecular weight excluding hydrogens is 228 g/mol. The molecule has 3 nitrogen and oxygen atoms in total. The van der Waals surface area contributed by atoms with E-state index in [0.717, 1.165) is 6.29 Å². The van der Waals surface area contributed by atoms with E-state index >= 15 is 0 Å². The van der Waals surface area contributed by atoms with E-state index in [9.17, 15) is 15.0 Å². The predicted octanol–water partition coefficient (Wildman–Crippen LogP) is 3.19. The maximum atomic E-state index is 11.0. The van der Waals surface area contributed by atoms with E-state index in [2.05, 4.69) is 0 Å². The quantitative estimate of drug-likeness (QED) is 0.795. The second kappa shape index (κ2) is 4.53. The molecule has 0 saturated heterocycles. The second-order valence-electron chi connectivity index (χ2n) is 4.27. The van der Waals surface area contributed by atoms with Gasteiger partial charge in [0.25, 0.3) is 0 Å². The van der Waals surface area contributed by atoms with Crippen LogP contribution >= 0.6 is 0 Å². The summed E-state index contributed by atoms with van der Waals surface area (Å²) in [6, 6.07) is 8.39. The summed E-state index contributed by atoms with van der Waals surface area (Å²) in [6.45, 7) is 3.48. The Morgan fingerprint density at radius 1 is 1.11 bits per heavy atom. The van der Waals surface area contributed by atoms with Gasteiger partial charge in [-0.25, -0.2) is 0 Å². The highest BCUT2D eigenvalue weighted by molar-refractivity contribution is 5.88. The number of hydrogen-bond acceptors (Lipinski definition) is 3. The first-order valence-corrected chi connectivity index (χ1v) is 5.63. The standard InChI is InChI=1S/C15H14O3/c1-9-7-11(8-16)10(2)14(15(9)18)12-5-3-4-6-13(12)17/h3-8,17-18H,1-2H3. The summed E-state index contributed by atoms with van der Waals surface area (Å²) in [5.74, 6) is 0.179. The Hall–Kier alpha value is -2.29. The SMILES string of the molecule is Cc1cc(C=O)c(C)c(-c2ccccc2O)c1O. The number of benzene rings is 2. The highest BCUT2D eigenvalue weighted by atomic mass is 16.3. The van der Waals surface area contributed by atoms with Gasteiger partial charge in [0.2, 0.25) is 0 Å². The number of hydrogen-bond donors (Lipinski definition) is 2. The van der Waals surface area contributed by atoms with Crippen molar-refractivity contribution in [3.63, 3.8) is 0 Å². The molecule has 92 valence electrons. The minimum absolute atomic E-state index is 0.0818. The van der Waals surface area contributed by atoms with Gasteiger partial charge in [-0.05, 0) is 37.1 Å². The van der Waals surface area contributed by atoms with Crippen LogP contribution in [-0.4, -0.2) is 16.5 Å². The number of aromatic hydroxyl groups is 2. The maximum absolute atomic E-state index is 11.0. The lowest BCUT2D eigenvalue weighted by Crippen LogP contribution is -1.94. The van der Waals surface area contributed by atoms with Crippen LogP contribution in [0.1, 0.15) is 21.5 Å². The molecule has 0 radical (unpaired) electrons. The highest BCUT2D eigenvalue weighted by Crippen LogP contribution is 2.40. The second-order valence-corrected chi connectivity index (χ2v) is 4.27. The number of carbonyl (C=O) groups excluding carboxylic acids is 1. The summed E-state index contributed by atoms with van der Waals surface area (Å²) in [4.78, 5) is 11.0. The first kappa shape index (κ1) is 12.2. The third kappa shape index (κ3) is 1.84. The van der Waals surface area contributed by atoms with E-state index in [0.29, 0.717) is 27.8 Å². The first-order valence-electron chi connectivity index (χ1n) is 5.63. The lowest BCUT2D eigenvalue weighted by atomic mass is 9.93. The largest absolute Gasteiger partial charge is 0.507 e. The van der Waals surface area contributed by atoms with Gasteiger partial charge in [0.05, 0.1) is 0 Å². The molecule has 0 atom stereocenters. The van der Waals surface area contributed by atoms with E-state index in [4.69, 9.17) is 0 Å². The van der Waals surface area contributed by atoms with Crippen molar-refractivity contribution in [1.82, 2.24) is 0 Å². The predicted molar refractivity (Wildman–Crippen MR) is 70.1 cm³/mol. The number of aryl methyl sites for hydroxylation is 1. The van der Waals surface area contributed by atoms with Crippen molar-refractivity contribution in [2.45, 2.75) is 13.8 Å². The molecular formula is C15H14O3. The van der Waals surface area contributed by atoms with Crippen molar-refractivity contribution in [3.05, 3.63) is 47.0 Å². The number of rotatable bonds is 2. The number of para-hydroxylation sites is 1. The molecule has 0 aliphatic rings. The van der Waals surface area contributed by atoms with E-state index in [1.165, 1.54) is 0 Å². The number of aldehydes is 1. The molecule has 2 N–H and O–H groups in total. The average molecular weight is 242 g/mol.